The number of halogens is 1. The van der Waals surface area contributed by atoms with Crippen LogP contribution in [-0.2, 0) is 11.3 Å². The predicted molar refractivity (Wildman–Crippen MR) is 111 cm³/mol. The van der Waals surface area contributed by atoms with Crippen LogP contribution in [0.5, 0.6) is 5.75 Å². The number of anilines is 2. The maximum Gasteiger partial charge on any atom is 0.262 e. The second kappa shape index (κ2) is 9.10. The van der Waals surface area contributed by atoms with Crippen LogP contribution < -0.4 is 15.4 Å². The second-order valence-corrected chi connectivity index (χ2v) is 6.60. The summed E-state index contributed by atoms with van der Waals surface area (Å²) in [4.78, 5) is 11.9. The summed E-state index contributed by atoms with van der Waals surface area (Å²) in [5, 5.41) is 6.87. The molecule has 3 rings (SSSR count). The Balaban J connectivity index is 1.48. The fourth-order valence-corrected chi connectivity index (χ4v) is 2.73. The van der Waals surface area contributed by atoms with Crippen molar-refractivity contribution in [2.24, 2.45) is 0 Å². The zero-order valence-electron chi connectivity index (χ0n) is 15.0. The Kier molecular flexibility index (Phi) is 6.34. The summed E-state index contributed by atoms with van der Waals surface area (Å²) < 4.78 is 5.54. The molecule has 0 aromatic heterocycles. The first-order valence-corrected chi connectivity index (χ1v) is 9.04. The molecule has 0 bridgehead atoms. The Morgan fingerprint density at radius 3 is 2.48 bits per heavy atom. The Bertz CT molecular complexity index is 896. The van der Waals surface area contributed by atoms with E-state index in [2.05, 4.69) is 10.6 Å². The van der Waals surface area contributed by atoms with E-state index in [9.17, 15) is 4.79 Å². The van der Waals surface area contributed by atoms with Gasteiger partial charge in [-0.15, -0.1) is 0 Å². The molecule has 4 nitrogen and oxygen atoms in total. The summed E-state index contributed by atoms with van der Waals surface area (Å²) >= 11 is 6.04. The number of amides is 1. The molecule has 0 atom stereocenters. The summed E-state index contributed by atoms with van der Waals surface area (Å²) in [5.41, 5.74) is 4.02. The lowest BCUT2D eigenvalue weighted by Crippen LogP contribution is -2.20. The second-order valence-electron chi connectivity index (χ2n) is 6.16. The van der Waals surface area contributed by atoms with Gasteiger partial charge in [0.15, 0.2) is 6.61 Å². The van der Waals surface area contributed by atoms with Crippen molar-refractivity contribution in [1.82, 2.24) is 0 Å². The van der Waals surface area contributed by atoms with Crippen LogP contribution in [0.3, 0.4) is 0 Å². The third-order valence-corrected chi connectivity index (χ3v) is 4.27. The number of para-hydroxylation sites is 1. The van der Waals surface area contributed by atoms with Gasteiger partial charge in [-0.1, -0.05) is 48.0 Å². The molecule has 0 aliphatic rings. The van der Waals surface area contributed by atoms with Gasteiger partial charge in [0.25, 0.3) is 5.91 Å². The van der Waals surface area contributed by atoms with Crippen molar-refractivity contribution in [1.29, 1.82) is 0 Å². The van der Waals surface area contributed by atoms with E-state index < -0.39 is 0 Å². The minimum absolute atomic E-state index is 0.0335. The van der Waals surface area contributed by atoms with Crippen molar-refractivity contribution in [2.75, 3.05) is 17.2 Å². The van der Waals surface area contributed by atoms with E-state index in [1.54, 1.807) is 0 Å². The molecule has 3 aromatic rings. The van der Waals surface area contributed by atoms with Crippen LogP contribution in [0, 0.1) is 6.92 Å². The molecular weight excluding hydrogens is 360 g/mol. The highest BCUT2D eigenvalue weighted by Crippen LogP contribution is 2.21. The number of hydrogen-bond donors (Lipinski definition) is 2. The quantitative estimate of drug-likeness (QED) is 0.586. The van der Waals surface area contributed by atoms with E-state index in [0.29, 0.717) is 17.3 Å². The van der Waals surface area contributed by atoms with Crippen molar-refractivity contribution >= 4 is 28.9 Å². The van der Waals surface area contributed by atoms with Gasteiger partial charge >= 0.3 is 0 Å². The van der Waals surface area contributed by atoms with E-state index >= 15 is 0 Å². The van der Waals surface area contributed by atoms with Crippen molar-refractivity contribution in [3.8, 4) is 5.75 Å². The lowest BCUT2D eigenvalue weighted by Gasteiger charge is -2.11. The van der Waals surface area contributed by atoms with Gasteiger partial charge in [-0.3, -0.25) is 4.79 Å². The molecule has 0 saturated carbocycles. The number of carbonyl (C=O) groups excluding carboxylic acids is 1. The van der Waals surface area contributed by atoms with Crippen LogP contribution in [0.2, 0.25) is 5.02 Å². The van der Waals surface area contributed by atoms with Gasteiger partial charge in [0.05, 0.1) is 0 Å². The summed E-state index contributed by atoms with van der Waals surface area (Å²) in [6, 6.07) is 22.7. The number of carbonyl (C=O) groups is 1. The van der Waals surface area contributed by atoms with Gasteiger partial charge in [-0.2, -0.15) is 0 Å². The van der Waals surface area contributed by atoms with Crippen molar-refractivity contribution < 1.29 is 9.53 Å². The van der Waals surface area contributed by atoms with Crippen LogP contribution >= 0.6 is 11.6 Å². The molecular formula is C22H21ClN2O2. The molecule has 1 amide bonds. The average Bonchev–Trinajstić information content (AvgIpc) is 2.69. The van der Waals surface area contributed by atoms with E-state index in [4.69, 9.17) is 16.3 Å². The minimum Gasteiger partial charge on any atom is -0.484 e. The van der Waals surface area contributed by atoms with Crippen molar-refractivity contribution in [3.63, 3.8) is 0 Å². The number of ether oxygens (including phenoxy) is 1. The van der Waals surface area contributed by atoms with Gasteiger partial charge in [0.1, 0.15) is 5.75 Å². The standard InChI is InChI=1S/C22H21ClN2O2/c1-16-7-10-18(23)13-21(16)24-14-17-8-11-20(12-9-17)27-15-22(26)25-19-5-3-2-4-6-19/h2-13,24H,14-15H2,1H3,(H,25,26). The third-order valence-electron chi connectivity index (χ3n) is 4.03. The van der Waals surface area contributed by atoms with Gasteiger partial charge in [-0.05, 0) is 54.4 Å². The summed E-state index contributed by atoms with van der Waals surface area (Å²) in [6.07, 6.45) is 0. The lowest BCUT2D eigenvalue weighted by molar-refractivity contribution is -0.118. The average molecular weight is 381 g/mol. The van der Waals surface area contributed by atoms with Gasteiger partial charge in [-0.25, -0.2) is 0 Å². The molecule has 5 heteroatoms. The molecule has 27 heavy (non-hydrogen) atoms. The fraction of sp³-hybridized carbons (Fsp3) is 0.136. The molecule has 0 aliphatic carbocycles. The SMILES string of the molecule is Cc1ccc(Cl)cc1NCc1ccc(OCC(=O)Nc2ccccc2)cc1. The lowest BCUT2D eigenvalue weighted by atomic mass is 10.1. The van der Waals surface area contributed by atoms with E-state index in [1.807, 2.05) is 79.7 Å². The normalized spacial score (nSPS) is 10.3. The first-order chi connectivity index (χ1) is 13.1. The van der Waals surface area contributed by atoms with Crippen molar-refractivity contribution in [2.45, 2.75) is 13.5 Å². The van der Waals surface area contributed by atoms with Gasteiger partial charge < -0.3 is 15.4 Å². The first-order valence-electron chi connectivity index (χ1n) is 8.67. The van der Waals surface area contributed by atoms with Gasteiger partial charge in [0.2, 0.25) is 0 Å². The fourth-order valence-electron chi connectivity index (χ4n) is 2.55. The number of nitrogens with one attached hydrogen (secondary N) is 2. The Morgan fingerprint density at radius 2 is 1.74 bits per heavy atom. The van der Waals surface area contributed by atoms with Crippen LogP contribution in [-0.4, -0.2) is 12.5 Å². The van der Waals surface area contributed by atoms with Crippen LogP contribution in [0.25, 0.3) is 0 Å². The molecule has 0 aliphatic heterocycles. The molecule has 2 N–H and O–H groups in total. The predicted octanol–water partition coefficient (Wildman–Crippen LogP) is 5.28. The summed E-state index contributed by atoms with van der Waals surface area (Å²) in [5.74, 6) is 0.462. The minimum atomic E-state index is -0.191. The van der Waals surface area contributed by atoms with E-state index in [-0.39, 0.29) is 12.5 Å². The maximum atomic E-state index is 11.9. The molecule has 0 heterocycles. The molecule has 0 radical (unpaired) electrons. The highest BCUT2D eigenvalue weighted by Gasteiger charge is 2.04. The number of aryl methyl sites for hydroxylation is 1. The summed E-state index contributed by atoms with van der Waals surface area (Å²) in [7, 11) is 0. The largest absolute Gasteiger partial charge is 0.484 e. The monoisotopic (exact) mass is 380 g/mol. The zero-order valence-corrected chi connectivity index (χ0v) is 15.8. The van der Waals surface area contributed by atoms with Crippen molar-refractivity contribution in [3.05, 3.63) is 88.9 Å². The molecule has 138 valence electrons. The Morgan fingerprint density at radius 1 is 1.00 bits per heavy atom. The smallest absolute Gasteiger partial charge is 0.262 e. The van der Waals surface area contributed by atoms with E-state index in [1.165, 1.54) is 0 Å². The molecule has 0 spiro atoms. The third kappa shape index (κ3) is 5.76. The molecule has 0 saturated heterocycles. The Hall–Kier alpha value is -2.98. The maximum absolute atomic E-state index is 11.9. The van der Waals surface area contributed by atoms with Crippen LogP contribution in [0.1, 0.15) is 11.1 Å². The van der Waals surface area contributed by atoms with Crippen LogP contribution in [0.4, 0.5) is 11.4 Å². The summed E-state index contributed by atoms with van der Waals surface area (Å²) in [6.45, 7) is 2.68. The molecule has 3 aromatic carbocycles. The zero-order chi connectivity index (χ0) is 19.1. The number of hydrogen-bond acceptors (Lipinski definition) is 3. The van der Waals surface area contributed by atoms with Gasteiger partial charge in [0, 0.05) is 22.9 Å². The van der Waals surface area contributed by atoms with Crippen LogP contribution in [0.15, 0.2) is 72.8 Å². The molecule has 0 fully saturated rings. The Labute approximate surface area is 164 Å². The molecule has 0 unspecified atom stereocenters. The topological polar surface area (TPSA) is 50.4 Å². The highest BCUT2D eigenvalue weighted by atomic mass is 35.5. The first kappa shape index (κ1) is 18.8. The highest BCUT2D eigenvalue weighted by molar-refractivity contribution is 6.30. The number of benzene rings is 3. The van der Waals surface area contributed by atoms with E-state index in [0.717, 1.165) is 22.5 Å². The number of rotatable bonds is 7.